The first kappa shape index (κ1) is 15.3. The van der Waals surface area contributed by atoms with E-state index in [1.165, 1.54) is 0 Å². The van der Waals surface area contributed by atoms with Crippen LogP contribution < -0.4 is 14.2 Å². The molecule has 2 heterocycles. The number of benzene rings is 1. The number of nitrogens with zero attached hydrogens (tertiary/aromatic N) is 2. The van der Waals surface area contributed by atoms with E-state index >= 15 is 0 Å². The Morgan fingerprint density at radius 2 is 1.91 bits per heavy atom. The molecule has 0 N–H and O–H groups in total. The molecule has 5 nitrogen and oxygen atoms in total. The quantitative estimate of drug-likeness (QED) is 0.689. The highest BCUT2D eigenvalue weighted by molar-refractivity contribution is 7.13. The monoisotopic (exact) mass is 328 g/mol. The average Bonchev–Trinajstić information content (AvgIpc) is 3.09. The van der Waals surface area contributed by atoms with Crippen molar-refractivity contribution in [3.8, 4) is 28.0 Å². The van der Waals surface area contributed by atoms with Crippen molar-refractivity contribution in [2.75, 3.05) is 14.2 Å². The fraction of sp³-hybridized carbons (Fsp3) is 0.176. The lowest BCUT2D eigenvalue weighted by molar-refractivity contribution is 0.290. The molecule has 6 heteroatoms. The molecule has 3 aromatic rings. The Balaban J connectivity index is 1.74. The lowest BCUT2D eigenvalue weighted by atomic mass is 10.2. The molecule has 0 atom stereocenters. The molecule has 0 aliphatic rings. The summed E-state index contributed by atoms with van der Waals surface area (Å²) >= 11 is 1.56. The van der Waals surface area contributed by atoms with E-state index in [1.54, 1.807) is 31.8 Å². The predicted molar refractivity (Wildman–Crippen MR) is 89.2 cm³/mol. The van der Waals surface area contributed by atoms with Gasteiger partial charge in [-0.25, -0.2) is 9.97 Å². The Bertz CT molecular complexity index is 775. The van der Waals surface area contributed by atoms with Crippen LogP contribution in [0.2, 0.25) is 0 Å². The molecule has 0 spiro atoms. The van der Waals surface area contributed by atoms with Crippen molar-refractivity contribution < 1.29 is 14.2 Å². The van der Waals surface area contributed by atoms with Crippen LogP contribution in [0.1, 0.15) is 5.69 Å². The number of rotatable bonds is 6. The van der Waals surface area contributed by atoms with Gasteiger partial charge in [-0.15, -0.1) is 11.3 Å². The summed E-state index contributed by atoms with van der Waals surface area (Å²) in [6, 6.07) is 11.3. The molecule has 23 heavy (non-hydrogen) atoms. The highest BCUT2D eigenvalue weighted by atomic mass is 32.1. The van der Waals surface area contributed by atoms with Gasteiger partial charge in [0.25, 0.3) is 0 Å². The summed E-state index contributed by atoms with van der Waals surface area (Å²) in [5.74, 6) is 1.98. The number of hydrogen-bond donors (Lipinski definition) is 0. The summed E-state index contributed by atoms with van der Waals surface area (Å²) in [5.41, 5.74) is 1.85. The minimum Gasteiger partial charge on any atom is -0.493 e. The molecule has 0 saturated carbocycles. The van der Waals surface area contributed by atoms with Crippen LogP contribution in [-0.4, -0.2) is 24.2 Å². The number of pyridine rings is 1. The van der Waals surface area contributed by atoms with Gasteiger partial charge in [0.05, 0.1) is 19.9 Å². The standard InChI is InChI=1S/C17H16N2O3S/c1-20-14-7-6-12(9-15(14)21-2)17-19-13(11-23-17)10-22-16-5-3-4-8-18-16/h3-9,11H,10H2,1-2H3. The highest BCUT2D eigenvalue weighted by Crippen LogP contribution is 2.33. The van der Waals surface area contributed by atoms with Crippen LogP contribution >= 0.6 is 11.3 Å². The van der Waals surface area contributed by atoms with Crippen LogP contribution in [0, 0.1) is 0 Å². The van der Waals surface area contributed by atoms with E-state index in [-0.39, 0.29) is 0 Å². The Hall–Kier alpha value is -2.60. The van der Waals surface area contributed by atoms with E-state index in [1.807, 2.05) is 41.8 Å². The zero-order valence-corrected chi connectivity index (χ0v) is 13.7. The molecule has 3 rings (SSSR count). The van der Waals surface area contributed by atoms with Gasteiger partial charge < -0.3 is 14.2 Å². The third-order valence-electron chi connectivity index (χ3n) is 3.19. The molecule has 0 aliphatic carbocycles. The van der Waals surface area contributed by atoms with Crippen LogP contribution in [0.5, 0.6) is 17.4 Å². The fourth-order valence-electron chi connectivity index (χ4n) is 2.06. The summed E-state index contributed by atoms with van der Waals surface area (Å²) in [5, 5.41) is 2.89. The van der Waals surface area contributed by atoms with Crippen molar-refractivity contribution in [3.05, 3.63) is 53.7 Å². The zero-order valence-electron chi connectivity index (χ0n) is 12.9. The van der Waals surface area contributed by atoms with Crippen LogP contribution in [-0.2, 0) is 6.61 Å². The number of methoxy groups -OCH3 is 2. The molecule has 0 fully saturated rings. The van der Waals surface area contributed by atoms with Crippen LogP contribution in [0.4, 0.5) is 0 Å². The minimum absolute atomic E-state index is 0.390. The van der Waals surface area contributed by atoms with Crippen molar-refractivity contribution >= 4 is 11.3 Å². The summed E-state index contributed by atoms with van der Waals surface area (Å²) in [6.07, 6.45) is 1.70. The van der Waals surface area contributed by atoms with Crippen molar-refractivity contribution in [2.45, 2.75) is 6.61 Å². The minimum atomic E-state index is 0.390. The first-order chi connectivity index (χ1) is 11.3. The maximum Gasteiger partial charge on any atom is 0.213 e. The molecule has 0 aliphatic heterocycles. The van der Waals surface area contributed by atoms with Crippen molar-refractivity contribution in [1.29, 1.82) is 0 Å². The predicted octanol–water partition coefficient (Wildman–Crippen LogP) is 3.80. The van der Waals surface area contributed by atoms with Gasteiger partial charge in [-0.1, -0.05) is 6.07 Å². The zero-order chi connectivity index (χ0) is 16.1. The summed E-state index contributed by atoms with van der Waals surface area (Å²) in [6.45, 7) is 0.390. The molecular formula is C17H16N2O3S. The van der Waals surface area contributed by atoms with Gasteiger partial charge in [-0.3, -0.25) is 0 Å². The topological polar surface area (TPSA) is 53.5 Å². The lowest BCUT2D eigenvalue weighted by Gasteiger charge is -2.08. The molecule has 1 aromatic carbocycles. The third kappa shape index (κ3) is 3.60. The van der Waals surface area contributed by atoms with Gasteiger partial charge in [-0.05, 0) is 24.3 Å². The maximum absolute atomic E-state index is 5.61. The van der Waals surface area contributed by atoms with E-state index in [2.05, 4.69) is 9.97 Å². The third-order valence-corrected chi connectivity index (χ3v) is 4.13. The second-order valence-electron chi connectivity index (χ2n) is 4.67. The number of aromatic nitrogens is 2. The van der Waals surface area contributed by atoms with Gasteiger partial charge in [0.1, 0.15) is 11.6 Å². The van der Waals surface area contributed by atoms with E-state index in [0.29, 0.717) is 24.0 Å². The Kier molecular flexibility index (Phi) is 4.73. The Morgan fingerprint density at radius 3 is 2.65 bits per heavy atom. The van der Waals surface area contributed by atoms with Crippen LogP contribution in [0.3, 0.4) is 0 Å². The second-order valence-corrected chi connectivity index (χ2v) is 5.53. The maximum atomic E-state index is 5.61. The molecule has 0 saturated heterocycles. The fourth-order valence-corrected chi connectivity index (χ4v) is 2.86. The first-order valence-corrected chi connectivity index (χ1v) is 7.88. The molecule has 2 aromatic heterocycles. The normalized spacial score (nSPS) is 10.3. The molecular weight excluding hydrogens is 312 g/mol. The van der Waals surface area contributed by atoms with Crippen LogP contribution in [0.25, 0.3) is 10.6 Å². The lowest BCUT2D eigenvalue weighted by Crippen LogP contribution is -1.97. The van der Waals surface area contributed by atoms with Gasteiger partial charge in [0, 0.05) is 23.2 Å². The number of thiazole rings is 1. The Labute approximate surface area is 138 Å². The summed E-state index contributed by atoms with van der Waals surface area (Å²) in [7, 11) is 3.24. The van der Waals surface area contributed by atoms with E-state index in [4.69, 9.17) is 14.2 Å². The number of hydrogen-bond acceptors (Lipinski definition) is 6. The van der Waals surface area contributed by atoms with E-state index < -0.39 is 0 Å². The molecule has 118 valence electrons. The van der Waals surface area contributed by atoms with Gasteiger partial charge in [0.2, 0.25) is 5.88 Å². The average molecular weight is 328 g/mol. The highest BCUT2D eigenvalue weighted by Gasteiger charge is 2.10. The Morgan fingerprint density at radius 1 is 1.04 bits per heavy atom. The molecule has 0 radical (unpaired) electrons. The van der Waals surface area contributed by atoms with Gasteiger partial charge in [0.15, 0.2) is 11.5 Å². The summed E-state index contributed by atoms with van der Waals surface area (Å²) in [4.78, 5) is 8.72. The second kappa shape index (κ2) is 7.11. The van der Waals surface area contributed by atoms with E-state index in [0.717, 1.165) is 16.3 Å². The van der Waals surface area contributed by atoms with Gasteiger partial charge in [-0.2, -0.15) is 0 Å². The van der Waals surface area contributed by atoms with Crippen LogP contribution in [0.15, 0.2) is 48.0 Å². The molecule has 0 unspecified atom stereocenters. The van der Waals surface area contributed by atoms with E-state index in [9.17, 15) is 0 Å². The molecule has 0 amide bonds. The number of ether oxygens (including phenoxy) is 3. The van der Waals surface area contributed by atoms with Crippen molar-refractivity contribution in [1.82, 2.24) is 9.97 Å². The van der Waals surface area contributed by atoms with Gasteiger partial charge >= 0.3 is 0 Å². The summed E-state index contributed by atoms with van der Waals surface area (Å²) < 4.78 is 16.2. The molecule has 0 bridgehead atoms. The van der Waals surface area contributed by atoms with Crippen molar-refractivity contribution in [3.63, 3.8) is 0 Å². The van der Waals surface area contributed by atoms with Crippen molar-refractivity contribution in [2.24, 2.45) is 0 Å². The largest absolute Gasteiger partial charge is 0.493 e. The SMILES string of the molecule is COc1ccc(-c2nc(COc3ccccn3)cs2)cc1OC. The first-order valence-electron chi connectivity index (χ1n) is 7.01. The smallest absolute Gasteiger partial charge is 0.213 e.